The second-order valence-corrected chi connectivity index (χ2v) is 6.67. The first-order valence-electron chi connectivity index (χ1n) is 8.72. The van der Waals surface area contributed by atoms with Crippen molar-refractivity contribution >= 4 is 11.5 Å². The van der Waals surface area contributed by atoms with E-state index in [9.17, 15) is 0 Å². The van der Waals surface area contributed by atoms with Crippen LogP contribution in [0, 0.1) is 0 Å². The van der Waals surface area contributed by atoms with E-state index < -0.39 is 0 Å². The highest BCUT2D eigenvalue weighted by molar-refractivity contribution is 5.47. The topological polar surface area (TPSA) is 62.0 Å². The van der Waals surface area contributed by atoms with Gasteiger partial charge in [-0.2, -0.15) is 4.52 Å². The molecular formula is C16H25N7O. The Morgan fingerprint density at radius 1 is 1.25 bits per heavy atom. The number of nitrogens with zero attached hydrogens (tertiary/aromatic N) is 7. The molecule has 2 fully saturated rings. The number of anilines is 1. The van der Waals surface area contributed by atoms with E-state index in [4.69, 9.17) is 4.74 Å². The zero-order valence-corrected chi connectivity index (χ0v) is 14.2. The van der Waals surface area contributed by atoms with Crippen LogP contribution in [0.5, 0.6) is 0 Å². The molecule has 8 nitrogen and oxygen atoms in total. The van der Waals surface area contributed by atoms with E-state index in [0.29, 0.717) is 6.04 Å². The summed E-state index contributed by atoms with van der Waals surface area (Å²) in [6, 6.07) is 4.59. The molecule has 0 atom stereocenters. The molecule has 2 aliphatic rings. The predicted octanol–water partition coefficient (Wildman–Crippen LogP) is -0.0330. The highest BCUT2D eigenvalue weighted by atomic mass is 16.5. The van der Waals surface area contributed by atoms with Crippen molar-refractivity contribution in [3.63, 3.8) is 0 Å². The third-order valence-corrected chi connectivity index (χ3v) is 5.04. The first-order chi connectivity index (χ1) is 11.8. The van der Waals surface area contributed by atoms with Crippen molar-refractivity contribution in [2.24, 2.45) is 0 Å². The van der Waals surface area contributed by atoms with Gasteiger partial charge in [-0.15, -0.1) is 15.3 Å². The molecule has 0 saturated carbocycles. The molecule has 130 valence electrons. The summed E-state index contributed by atoms with van der Waals surface area (Å²) in [5, 5.41) is 12.4. The van der Waals surface area contributed by atoms with Gasteiger partial charge in [0.2, 0.25) is 0 Å². The molecule has 0 bridgehead atoms. The van der Waals surface area contributed by atoms with E-state index in [1.54, 1.807) is 10.8 Å². The zero-order chi connectivity index (χ0) is 16.4. The van der Waals surface area contributed by atoms with Crippen LogP contribution in [0.2, 0.25) is 0 Å². The fraction of sp³-hybridized carbons (Fsp3) is 0.688. The number of hydrogen-bond acceptors (Lipinski definition) is 7. The summed E-state index contributed by atoms with van der Waals surface area (Å²) < 4.78 is 7.25. The minimum atomic E-state index is 0.603. The maximum atomic E-state index is 5.52. The number of aromatic nitrogens is 4. The van der Waals surface area contributed by atoms with Gasteiger partial charge >= 0.3 is 0 Å². The van der Waals surface area contributed by atoms with Gasteiger partial charge in [-0.3, -0.25) is 9.80 Å². The van der Waals surface area contributed by atoms with Crippen LogP contribution >= 0.6 is 0 Å². The lowest BCUT2D eigenvalue weighted by Gasteiger charge is -2.45. The van der Waals surface area contributed by atoms with Crippen molar-refractivity contribution in [1.82, 2.24) is 29.6 Å². The Bertz CT molecular complexity index is 661. The van der Waals surface area contributed by atoms with Crippen LogP contribution in [0.15, 0.2) is 18.5 Å². The summed E-state index contributed by atoms with van der Waals surface area (Å²) in [6.45, 7) is 8.30. The van der Waals surface area contributed by atoms with Gasteiger partial charge in [-0.1, -0.05) is 0 Å². The molecule has 2 aromatic heterocycles. The van der Waals surface area contributed by atoms with Gasteiger partial charge in [0.15, 0.2) is 5.65 Å². The average Bonchev–Trinajstić information content (AvgIpc) is 2.85. The normalized spacial score (nSPS) is 20.5. The van der Waals surface area contributed by atoms with Crippen molar-refractivity contribution in [2.45, 2.75) is 12.5 Å². The lowest BCUT2D eigenvalue weighted by Crippen LogP contribution is -2.59. The Hall–Kier alpha value is -1.77. The number of fused-ring (bicyclic) bond motifs is 1. The van der Waals surface area contributed by atoms with Crippen molar-refractivity contribution in [2.75, 3.05) is 64.4 Å². The zero-order valence-electron chi connectivity index (χ0n) is 14.2. The SMILES string of the molecule is CN(CCN1CCCOCC1)C1CN(c2ccc3nncn3n2)C1. The highest BCUT2D eigenvalue weighted by Gasteiger charge is 2.31. The van der Waals surface area contributed by atoms with Gasteiger partial charge in [-0.25, -0.2) is 0 Å². The largest absolute Gasteiger partial charge is 0.380 e. The van der Waals surface area contributed by atoms with Crippen LogP contribution in [0.3, 0.4) is 0 Å². The molecule has 0 aromatic carbocycles. The molecule has 0 amide bonds. The van der Waals surface area contributed by atoms with E-state index in [1.807, 2.05) is 12.1 Å². The van der Waals surface area contributed by atoms with E-state index in [2.05, 4.69) is 37.0 Å². The van der Waals surface area contributed by atoms with Crippen molar-refractivity contribution in [3.8, 4) is 0 Å². The molecular weight excluding hydrogens is 306 g/mol. The first kappa shape index (κ1) is 15.7. The Balaban J connectivity index is 1.25. The smallest absolute Gasteiger partial charge is 0.177 e. The minimum Gasteiger partial charge on any atom is -0.380 e. The van der Waals surface area contributed by atoms with E-state index in [-0.39, 0.29) is 0 Å². The van der Waals surface area contributed by atoms with Gasteiger partial charge in [0.05, 0.1) is 6.61 Å². The number of likely N-dealkylation sites (N-methyl/N-ethyl adjacent to an activating group) is 1. The molecule has 24 heavy (non-hydrogen) atoms. The van der Waals surface area contributed by atoms with E-state index in [1.165, 1.54) is 0 Å². The summed E-state index contributed by atoms with van der Waals surface area (Å²) in [5.74, 6) is 0.997. The molecule has 2 saturated heterocycles. The third-order valence-electron chi connectivity index (χ3n) is 5.04. The molecule has 0 spiro atoms. The summed E-state index contributed by atoms with van der Waals surface area (Å²) in [6.07, 6.45) is 2.80. The van der Waals surface area contributed by atoms with E-state index >= 15 is 0 Å². The highest BCUT2D eigenvalue weighted by Crippen LogP contribution is 2.21. The van der Waals surface area contributed by atoms with Crippen molar-refractivity contribution in [1.29, 1.82) is 0 Å². The molecule has 0 aliphatic carbocycles. The quantitative estimate of drug-likeness (QED) is 0.762. The molecule has 8 heteroatoms. The van der Waals surface area contributed by atoms with Crippen LogP contribution in [0.1, 0.15) is 6.42 Å². The van der Waals surface area contributed by atoms with Gasteiger partial charge in [0, 0.05) is 51.9 Å². The number of rotatable bonds is 5. The maximum Gasteiger partial charge on any atom is 0.177 e. The van der Waals surface area contributed by atoms with Crippen LogP contribution in [-0.4, -0.2) is 95.2 Å². The minimum absolute atomic E-state index is 0.603. The molecule has 4 heterocycles. The van der Waals surface area contributed by atoms with Crippen molar-refractivity contribution < 1.29 is 4.74 Å². The maximum absolute atomic E-state index is 5.52. The van der Waals surface area contributed by atoms with Crippen LogP contribution in [0.25, 0.3) is 5.65 Å². The molecule has 0 N–H and O–H groups in total. The van der Waals surface area contributed by atoms with Gasteiger partial charge in [0.1, 0.15) is 12.1 Å². The van der Waals surface area contributed by atoms with Gasteiger partial charge in [-0.05, 0) is 25.6 Å². The van der Waals surface area contributed by atoms with Gasteiger partial charge < -0.3 is 9.64 Å². The Morgan fingerprint density at radius 2 is 2.17 bits per heavy atom. The second kappa shape index (κ2) is 7.00. The molecule has 4 rings (SSSR count). The Kier molecular flexibility index (Phi) is 4.59. The summed E-state index contributed by atoms with van der Waals surface area (Å²) in [4.78, 5) is 7.29. The average molecular weight is 331 g/mol. The monoisotopic (exact) mass is 331 g/mol. The van der Waals surface area contributed by atoms with Crippen LogP contribution < -0.4 is 4.90 Å². The first-order valence-corrected chi connectivity index (χ1v) is 8.72. The lowest BCUT2D eigenvalue weighted by atomic mass is 10.1. The molecule has 0 unspecified atom stereocenters. The standard InChI is InChI=1S/C16H25N7O/c1-20(6-7-21-5-2-9-24-10-8-21)14-11-22(12-14)16-4-3-15-18-17-13-23(15)19-16/h3-4,13-14H,2,5-12H2,1H3. The summed E-state index contributed by atoms with van der Waals surface area (Å²) >= 11 is 0. The summed E-state index contributed by atoms with van der Waals surface area (Å²) in [7, 11) is 2.23. The Labute approximate surface area is 142 Å². The second-order valence-electron chi connectivity index (χ2n) is 6.67. The Morgan fingerprint density at radius 3 is 3.08 bits per heavy atom. The number of hydrogen-bond donors (Lipinski definition) is 0. The summed E-state index contributed by atoms with van der Waals surface area (Å²) in [5.41, 5.74) is 0.786. The van der Waals surface area contributed by atoms with Crippen LogP contribution in [0.4, 0.5) is 5.82 Å². The predicted molar refractivity (Wildman–Crippen MR) is 91.3 cm³/mol. The van der Waals surface area contributed by atoms with E-state index in [0.717, 1.165) is 70.4 Å². The van der Waals surface area contributed by atoms with Gasteiger partial charge in [0.25, 0.3) is 0 Å². The third kappa shape index (κ3) is 3.35. The fourth-order valence-corrected chi connectivity index (χ4v) is 3.31. The van der Waals surface area contributed by atoms with Crippen LogP contribution in [-0.2, 0) is 4.74 Å². The fourth-order valence-electron chi connectivity index (χ4n) is 3.31. The molecule has 2 aromatic rings. The molecule has 0 radical (unpaired) electrons. The van der Waals surface area contributed by atoms with Crippen molar-refractivity contribution in [3.05, 3.63) is 18.5 Å². The molecule has 2 aliphatic heterocycles. The number of ether oxygens (including phenoxy) is 1. The lowest BCUT2D eigenvalue weighted by molar-refractivity contribution is 0.134.